The Morgan fingerprint density at radius 3 is 2.36 bits per heavy atom. The molecule has 0 bridgehead atoms. The third-order valence-corrected chi connectivity index (χ3v) is 6.78. The molecule has 39 heavy (non-hydrogen) atoms. The van der Waals surface area contributed by atoms with Gasteiger partial charge in [0.05, 0.1) is 11.9 Å². The number of hydrogen-bond donors (Lipinski definition) is 1. The van der Waals surface area contributed by atoms with Crippen LogP contribution in [-0.2, 0) is 0 Å². The number of aryl methyl sites for hydroxylation is 2. The summed E-state index contributed by atoms with van der Waals surface area (Å²) in [6.45, 7) is 5.12. The summed E-state index contributed by atoms with van der Waals surface area (Å²) in [7, 11) is 0. The molecule has 1 aliphatic rings. The predicted octanol–water partition coefficient (Wildman–Crippen LogP) is 6.60. The molecule has 0 amide bonds. The maximum Gasteiger partial charge on any atom is 0.573 e. The number of hydrogen-bond acceptors (Lipinski definition) is 5. The SMILES string of the molecule is Cc1cccc(C)c1N1CCCS/C1=N\N=C\c1ccc(C(N)=NC=Nc2ccc(OC(F)(F)F)cc2)cc1. The number of thioether (sulfide) groups is 1. The Labute approximate surface area is 229 Å². The minimum atomic E-state index is -4.74. The smallest absolute Gasteiger partial charge is 0.406 e. The first-order valence-electron chi connectivity index (χ1n) is 12.1. The molecule has 1 fully saturated rings. The highest BCUT2D eigenvalue weighted by Crippen LogP contribution is 2.30. The average Bonchev–Trinajstić information content (AvgIpc) is 2.90. The first kappa shape index (κ1) is 27.9. The maximum absolute atomic E-state index is 12.3. The number of ether oxygens (including phenoxy) is 1. The van der Waals surface area contributed by atoms with E-state index in [1.165, 1.54) is 47.4 Å². The molecule has 0 radical (unpaired) electrons. The van der Waals surface area contributed by atoms with Crippen molar-refractivity contribution in [1.29, 1.82) is 0 Å². The summed E-state index contributed by atoms with van der Waals surface area (Å²) < 4.78 is 40.6. The van der Waals surface area contributed by atoms with E-state index in [0.717, 1.165) is 29.4 Å². The van der Waals surface area contributed by atoms with E-state index in [2.05, 4.69) is 61.9 Å². The molecular formula is C28H27F3N6OS. The summed E-state index contributed by atoms with van der Waals surface area (Å²) in [6, 6.07) is 18.7. The fourth-order valence-corrected chi connectivity index (χ4v) is 4.83. The van der Waals surface area contributed by atoms with Gasteiger partial charge >= 0.3 is 6.36 Å². The Balaban J connectivity index is 1.38. The second-order valence-corrected chi connectivity index (χ2v) is 9.71. The highest BCUT2D eigenvalue weighted by molar-refractivity contribution is 8.14. The van der Waals surface area contributed by atoms with Crippen molar-refractivity contribution in [2.75, 3.05) is 17.2 Å². The van der Waals surface area contributed by atoms with Crippen molar-refractivity contribution >= 4 is 46.7 Å². The van der Waals surface area contributed by atoms with Crippen LogP contribution in [0.2, 0.25) is 0 Å². The van der Waals surface area contributed by atoms with Gasteiger partial charge in [-0.15, -0.1) is 18.3 Å². The zero-order chi connectivity index (χ0) is 27.8. The Bertz CT molecular complexity index is 1380. The van der Waals surface area contributed by atoms with Gasteiger partial charge in [-0.05, 0) is 61.2 Å². The number of amidine groups is 2. The van der Waals surface area contributed by atoms with Gasteiger partial charge < -0.3 is 15.4 Å². The van der Waals surface area contributed by atoms with Crippen LogP contribution in [0.3, 0.4) is 0 Å². The molecule has 0 aliphatic carbocycles. The van der Waals surface area contributed by atoms with E-state index in [4.69, 9.17) is 5.73 Å². The van der Waals surface area contributed by atoms with Crippen LogP contribution in [0.4, 0.5) is 24.5 Å². The Kier molecular flexibility index (Phi) is 9.03. The number of nitrogens with two attached hydrogens (primary N) is 1. The second kappa shape index (κ2) is 12.6. The largest absolute Gasteiger partial charge is 0.573 e. The van der Waals surface area contributed by atoms with Gasteiger partial charge in [0.2, 0.25) is 0 Å². The molecular weight excluding hydrogens is 525 g/mol. The monoisotopic (exact) mass is 552 g/mol. The zero-order valence-electron chi connectivity index (χ0n) is 21.4. The lowest BCUT2D eigenvalue weighted by Gasteiger charge is -2.31. The van der Waals surface area contributed by atoms with E-state index in [0.29, 0.717) is 11.3 Å². The average molecular weight is 553 g/mol. The van der Waals surface area contributed by atoms with Gasteiger partial charge in [-0.1, -0.05) is 54.2 Å². The van der Waals surface area contributed by atoms with Crippen molar-refractivity contribution in [1.82, 2.24) is 0 Å². The van der Waals surface area contributed by atoms with Crippen LogP contribution in [0.1, 0.15) is 28.7 Å². The summed E-state index contributed by atoms with van der Waals surface area (Å²) >= 11 is 1.70. The fourth-order valence-electron chi connectivity index (χ4n) is 3.93. The Morgan fingerprint density at radius 1 is 1.00 bits per heavy atom. The van der Waals surface area contributed by atoms with Crippen molar-refractivity contribution in [3.05, 3.63) is 89.0 Å². The molecule has 3 aromatic rings. The molecule has 1 saturated heterocycles. The van der Waals surface area contributed by atoms with Gasteiger partial charge in [0.15, 0.2) is 5.17 Å². The molecule has 4 rings (SSSR count). The molecule has 7 nitrogen and oxygen atoms in total. The van der Waals surface area contributed by atoms with Crippen molar-refractivity contribution in [2.45, 2.75) is 26.6 Å². The molecule has 1 aliphatic heterocycles. The second-order valence-electron chi connectivity index (χ2n) is 8.64. The highest BCUT2D eigenvalue weighted by atomic mass is 32.2. The van der Waals surface area contributed by atoms with E-state index in [-0.39, 0.29) is 11.6 Å². The van der Waals surface area contributed by atoms with Gasteiger partial charge in [0.25, 0.3) is 0 Å². The summed E-state index contributed by atoms with van der Waals surface area (Å²) in [5.41, 5.74) is 11.6. The lowest BCUT2D eigenvalue weighted by Crippen LogP contribution is -2.35. The Hall–Kier alpha value is -4.12. The topological polar surface area (TPSA) is 87.9 Å². The Morgan fingerprint density at radius 2 is 1.69 bits per heavy atom. The molecule has 0 atom stereocenters. The van der Waals surface area contributed by atoms with Crippen LogP contribution in [0.5, 0.6) is 5.75 Å². The summed E-state index contributed by atoms with van der Waals surface area (Å²) in [6.07, 6.45) is -0.728. The van der Waals surface area contributed by atoms with E-state index < -0.39 is 6.36 Å². The summed E-state index contributed by atoms with van der Waals surface area (Å²) in [5, 5.41) is 9.72. The van der Waals surface area contributed by atoms with Gasteiger partial charge in [0, 0.05) is 23.5 Å². The summed E-state index contributed by atoms with van der Waals surface area (Å²) in [5.74, 6) is 0.919. The van der Waals surface area contributed by atoms with Crippen LogP contribution in [0, 0.1) is 13.8 Å². The highest BCUT2D eigenvalue weighted by Gasteiger charge is 2.31. The maximum atomic E-state index is 12.3. The number of aliphatic imine (C=N–C) groups is 2. The number of benzene rings is 3. The lowest BCUT2D eigenvalue weighted by atomic mass is 10.1. The zero-order valence-corrected chi connectivity index (χ0v) is 22.2. The molecule has 2 N–H and O–H groups in total. The number of alkyl halides is 3. The minimum Gasteiger partial charge on any atom is -0.406 e. The number of nitrogens with zero attached hydrogens (tertiary/aromatic N) is 5. The number of para-hydroxylation sites is 1. The van der Waals surface area contributed by atoms with Crippen LogP contribution in [-0.4, -0.2) is 42.2 Å². The number of rotatable bonds is 7. The van der Waals surface area contributed by atoms with Gasteiger partial charge in [0.1, 0.15) is 17.9 Å². The standard InChI is InChI=1S/C28H27F3N6OS/c1-19-5-3-6-20(2)25(19)37-15-4-16-39-27(37)36-35-17-21-7-9-22(10-8-21)26(32)34-18-33-23-11-13-24(14-12-23)38-28(29,30)31/h3,5-14,17-18H,4,15-16H2,1-2H3,(H2,32,33,34)/b35-17+,36-27-. The van der Waals surface area contributed by atoms with Crippen LogP contribution in [0.15, 0.2) is 86.9 Å². The molecule has 0 saturated carbocycles. The quantitative estimate of drug-likeness (QED) is 0.203. The first-order valence-corrected chi connectivity index (χ1v) is 13.1. The first-order chi connectivity index (χ1) is 18.7. The van der Waals surface area contributed by atoms with Gasteiger partial charge in [-0.2, -0.15) is 5.10 Å². The van der Waals surface area contributed by atoms with Crippen molar-refractivity contribution in [2.24, 2.45) is 25.9 Å². The third kappa shape index (κ3) is 7.93. The van der Waals surface area contributed by atoms with Crippen LogP contribution >= 0.6 is 11.8 Å². The van der Waals surface area contributed by atoms with E-state index in [1.54, 1.807) is 18.0 Å². The molecule has 0 spiro atoms. The van der Waals surface area contributed by atoms with E-state index >= 15 is 0 Å². The molecule has 202 valence electrons. The lowest BCUT2D eigenvalue weighted by molar-refractivity contribution is -0.274. The minimum absolute atomic E-state index is 0.238. The predicted molar refractivity (Wildman–Crippen MR) is 154 cm³/mol. The van der Waals surface area contributed by atoms with E-state index in [1.807, 2.05) is 24.3 Å². The summed E-state index contributed by atoms with van der Waals surface area (Å²) in [4.78, 5) is 10.4. The van der Waals surface area contributed by atoms with Gasteiger partial charge in [-0.25, -0.2) is 9.98 Å². The van der Waals surface area contributed by atoms with E-state index in [9.17, 15) is 13.2 Å². The molecule has 3 aromatic carbocycles. The van der Waals surface area contributed by atoms with Crippen LogP contribution in [0.25, 0.3) is 0 Å². The van der Waals surface area contributed by atoms with Crippen molar-refractivity contribution in [3.8, 4) is 5.75 Å². The van der Waals surface area contributed by atoms with Crippen molar-refractivity contribution < 1.29 is 17.9 Å². The molecule has 0 unspecified atom stereocenters. The van der Waals surface area contributed by atoms with Gasteiger partial charge in [-0.3, -0.25) is 0 Å². The number of halogens is 3. The van der Waals surface area contributed by atoms with Crippen molar-refractivity contribution in [3.63, 3.8) is 0 Å². The molecule has 11 heteroatoms. The number of anilines is 1. The molecule has 1 heterocycles. The fraction of sp³-hybridized carbons (Fsp3) is 0.214. The normalized spacial score (nSPS) is 16.0. The third-order valence-electron chi connectivity index (χ3n) is 5.73. The molecule has 0 aromatic heterocycles. The van der Waals surface area contributed by atoms with Crippen LogP contribution < -0.4 is 15.4 Å².